The van der Waals surface area contributed by atoms with Crippen LogP contribution in [0.5, 0.6) is 0 Å². The van der Waals surface area contributed by atoms with Gasteiger partial charge in [-0.1, -0.05) is 60.4 Å². The second-order valence-corrected chi connectivity index (χ2v) is 9.55. The molecule has 3 aromatic rings. The summed E-state index contributed by atoms with van der Waals surface area (Å²) in [6.07, 6.45) is 5.19. The number of amides is 1. The highest BCUT2D eigenvalue weighted by Crippen LogP contribution is 2.34. The maximum absolute atomic E-state index is 13.3. The summed E-state index contributed by atoms with van der Waals surface area (Å²) >= 11 is 6.67. The summed E-state index contributed by atoms with van der Waals surface area (Å²) in [6.45, 7) is 1.65. The molecule has 1 unspecified atom stereocenters. The number of fused-ring (bicyclic) bond motifs is 1. The summed E-state index contributed by atoms with van der Waals surface area (Å²) in [5, 5.41) is 3.28. The van der Waals surface area contributed by atoms with Crippen molar-refractivity contribution < 1.29 is 9.53 Å². The average molecular weight is 479 g/mol. The minimum absolute atomic E-state index is 0.00270. The lowest BCUT2D eigenvalue weighted by molar-refractivity contribution is -0.123. The molecule has 1 atom stereocenters. The lowest BCUT2D eigenvalue weighted by Crippen LogP contribution is -2.35. The molecular formula is C24H22N4O3S2. The van der Waals surface area contributed by atoms with Gasteiger partial charge in [-0.3, -0.25) is 18.9 Å². The van der Waals surface area contributed by atoms with E-state index in [2.05, 4.69) is 10.3 Å². The zero-order valence-electron chi connectivity index (χ0n) is 17.8. The van der Waals surface area contributed by atoms with Gasteiger partial charge in [-0.15, -0.1) is 0 Å². The van der Waals surface area contributed by atoms with Crippen LogP contribution in [0.15, 0.2) is 64.4 Å². The van der Waals surface area contributed by atoms with Gasteiger partial charge in [0, 0.05) is 19.3 Å². The van der Waals surface area contributed by atoms with Crippen LogP contribution in [0, 0.1) is 0 Å². The zero-order valence-corrected chi connectivity index (χ0v) is 19.4. The predicted molar refractivity (Wildman–Crippen MR) is 134 cm³/mol. The molecule has 1 amide bonds. The molecule has 0 radical (unpaired) electrons. The highest BCUT2D eigenvalue weighted by Gasteiger charge is 2.35. The first-order chi connectivity index (χ1) is 16.1. The van der Waals surface area contributed by atoms with Crippen LogP contribution in [0.25, 0.3) is 11.7 Å². The summed E-state index contributed by atoms with van der Waals surface area (Å²) < 4.78 is 7.63. The van der Waals surface area contributed by atoms with E-state index < -0.39 is 0 Å². The van der Waals surface area contributed by atoms with Crippen molar-refractivity contribution in [1.82, 2.24) is 14.3 Å². The van der Waals surface area contributed by atoms with Gasteiger partial charge in [0.1, 0.15) is 15.8 Å². The highest BCUT2D eigenvalue weighted by molar-refractivity contribution is 8.26. The number of hydrogen-bond donors (Lipinski definition) is 1. The van der Waals surface area contributed by atoms with Crippen molar-refractivity contribution in [2.75, 3.05) is 18.5 Å². The number of ether oxygens (including phenoxy) is 1. The number of nitrogens with one attached hydrogen (secondary N) is 1. The molecule has 2 aromatic heterocycles. The Morgan fingerprint density at radius 1 is 1.18 bits per heavy atom. The molecule has 2 saturated heterocycles. The number of thiocarbonyl (C=S) groups is 1. The first-order valence-electron chi connectivity index (χ1n) is 10.8. The number of carbonyl (C=O) groups is 1. The van der Waals surface area contributed by atoms with E-state index in [9.17, 15) is 9.59 Å². The fourth-order valence-electron chi connectivity index (χ4n) is 3.93. The van der Waals surface area contributed by atoms with Crippen LogP contribution in [0.3, 0.4) is 0 Å². The van der Waals surface area contributed by atoms with Gasteiger partial charge in [0.05, 0.1) is 23.1 Å². The fraction of sp³-hybridized carbons (Fsp3) is 0.250. The molecule has 1 aromatic carbocycles. The van der Waals surface area contributed by atoms with Crippen LogP contribution in [0.4, 0.5) is 5.82 Å². The van der Waals surface area contributed by atoms with E-state index in [1.165, 1.54) is 16.2 Å². The Kier molecular flexibility index (Phi) is 6.26. The summed E-state index contributed by atoms with van der Waals surface area (Å²) in [5.74, 6) is 0.228. The largest absolute Gasteiger partial charge is 0.376 e. The van der Waals surface area contributed by atoms with E-state index in [4.69, 9.17) is 17.0 Å². The van der Waals surface area contributed by atoms with Gasteiger partial charge in [-0.25, -0.2) is 4.98 Å². The van der Waals surface area contributed by atoms with Gasteiger partial charge < -0.3 is 10.1 Å². The van der Waals surface area contributed by atoms with Crippen molar-refractivity contribution >= 4 is 51.7 Å². The van der Waals surface area contributed by atoms with Crippen LogP contribution in [0.1, 0.15) is 24.0 Å². The van der Waals surface area contributed by atoms with E-state index in [-0.39, 0.29) is 17.6 Å². The molecule has 1 N–H and O–H groups in total. The quantitative estimate of drug-likeness (QED) is 0.428. The molecule has 0 bridgehead atoms. The second-order valence-electron chi connectivity index (χ2n) is 7.87. The first kappa shape index (κ1) is 21.8. The number of carbonyl (C=O) groups excluding carboxylic acids is 1. The Morgan fingerprint density at radius 2 is 2.00 bits per heavy atom. The van der Waals surface area contributed by atoms with Crippen LogP contribution in [0.2, 0.25) is 0 Å². The number of hydrogen-bond acceptors (Lipinski definition) is 7. The van der Waals surface area contributed by atoms with Gasteiger partial charge in [0.2, 0.25) is 0 Å². The molecule has 4 heterocycles. The predicted octanol–water partition coefficient (Wildman–Crippen LogP) is 3.69. The third kappa shape index (κ3) is 4.57. The van der Waals surface area contributed by atoms with Gasteiger partial charge in [0.15, 0.2) is 0 Å². The van der Waals surface area contributed by atoms with Crippen LogP contribution in [-0.4, -0.2) is 43.8 Å². The maximum Gasteiger partial charge on any atom is 0.267 e. The lowest BCUT2D eigenvalue weighted by Gasteiger charge is -2.18. The molecule has 0 spiro atoms. The van der Waals surface area contributed by atoms with E-state index >= 15 is 0 Å². The molecule has 0 saturated carbocycles. The van der Waals surface area contributed by atoms with Gasteiger partial charge in [-0.05, 0) is 36.6 Å². The second kappa shape index (κ2) is 9.46. The van der Waals surface area contributed by atoms with Crippen LogP contribution < -0.4 is 10.9 Å². The smallest absolute Gasteiger partial charge is 0.267 e. The summed E-state index contributed by atoms with van der Waals surface area (Å²) in [4.78, 5) is 33.1. The molecule has 0 aliphatic carbocycles. The van der Waals surface area contributed by atoms with Crippen molar-refractivity contribution in [2.24, 2.45) is 0 Å². The van der Waals surface area contributed by atoms with E-state index in [1.807, 2.05) is 36.4 Å². The fourth-order valence-corrected chi connectivity index (χ4v) is 5.19. The number of rotatable bonds is 6. The molecule has 2 fully saturated rings. The monoisotopic (exact) mass is 478 g/mol. The Labute approximate surface area is 200 Å². The first-order valence-corrected chi connectivity index (χ1v) is 12.0. The molecular weight excluding hydrogens is 456 g/mol. The van der Waals surface area contributed by atoms with Crippen molar-refractivity contribution in [3.8, 4) is 0 Å². The summed E-state index contributed by atoms with van der Waals surface area (Å²) in [7, 11) is 0. The normalized spacial score (nSPS) is 19.7. The van der Waals surface area contributed by atoms with Crippen molar-refractivity contribution in [3.05, 3.63) is 81.1 Å². The van der Waals surface area contributed by atoms with Crippen LogP contribution >= 0.6 is 24.0 Å². The number of benzene rings is 1. The number of anilines is 1. The molecule has 7 nitrogen and oxygen atoms in total. The zero-order chi connectivity index (χ0) is 22.8. The van der Waals surface area contributed by atoms with Crippen molar-refractivity contribution in [3.63, 3.8) is 0 Å². The number of thioether (sulfide) groups is 1. The third-order valence-electron chi connectivity index (χ3n) is 5.63. The van der Waals surface area contributed by atoms with Gasteiger partial charge in [0.25, 0.3) is 11.5 Å². The van der Waals surface area contributed by atoms with E-state index in [1.54, 1.807) is 29.3 Å². The summed E-state index contributed by atoms with van der Waals surface area (Å²) in [6, 6.07) is 15.2. The molecule has 168 valence electrons. The molecule has 9 heteroatoms. The Hall–Kier alpha value is -3.01. The minimum Gasteiger partial charge on any atom is -0.376 e. The number of nitrogens with zero attached hydrogens (tertiary/aromatic N) is 3. The SMILES string of the molecule is O=C1C(=Cc2c(NCc3ccccc3)nc3ccccn3c2=O)SC(=S)N1CC1CCCO1. The van der Waals surface area contributed by atoms with Crippen molar-refractivity contribution in [1.29, 1.82) is 0 Å². The Bertz CT molecular complexity index is 1300. The Balaban J connectivity index is 1.50. The van der Waals surface area contributed by atoms with Crippen molar-refractivity contribution in [2.45, 2.75) is 25.5 Å². The number of pyridine rings is 1. The molecule has 5 rings (SSSR count). The average Bonchev–Trinajstić information content (AvgIpc) is 3.44. The molecule has 2 aliphatic heterocycles. The molecule has 33 heavy (non-hydrogen) atoms. The van der Waals surface area contributed by atoms with Gasteiger partial charge >= 0.3 is 0 Å². The molecule has 2 aliphatic rings. The highest BCUT2D eigenvalue weighted by atomic mass is 32.2. The maximum atomic E-state index is 13.3. The lowest BCUT2D eigenvalue weighted by atomic mass is 10.2. The van der Waals surface area contributed by atoms with E-state index in [0.717, 1.165) is 18.4 Å². The topological polar surface area (TPSA) is 75.9 Å². The third-order valence-corrected chi connectivity index (χ3v) is 7.01. The van der Waals surface area contributed by atoms with Gasteiger partial charge in [-0.2, -0.15) is 0 Å². The van der Waals surface area contributed by atoms with E-state index in [0.29, 0.717) is 46.0 Å². The van der Waals surface area contributed by atoms with Crippen LogP contribution in [-0.2, 0) is 16.1 Å². The standard InChI is InChI=1S/C24H22N4O3S2/c29-22-18(13-19-23(30)28(24(32)33-19)15-17-9-6-12-31-17)21(25-14-16-7-2-1-3-8-16)26-20-10-4-5-11-27(20)22/h1-5,7-8,10-11,13,17,25H,6,9,12,14-15H2. The minimum atomic E-state index is -0.249. The number of aromatic nitrogens is 2. The Morgan fingerprint density at radius 3 is 2.79 bits per heavy atom. The summed E-state index contributed by atoms with van der Waals surface area (Å²) in [5.41, 5.74) is 1.66.